The van der Waals surface area contributed by atoms with Gasteiger partial charge in [0, 0.05) is 6.42 Å². The largest absolute Gasteiger partial charge is 0.392 e. The first-order valence-corrected chi connectivity index (χ1v) is 12.7. The maximum Gasteiger partial charge on any atom is 0.155 e. The monoisotopic (exact) mass is 412 g/mol. The van der Waals surface area contributed by atoms with Crippen LogP contribution in [0, 0.1) is 46.3 Å². The topological polar surface area (TPSA) is 37.3 Å². The lowest BCUT2D eigenvalue weighted by Crippen LogP contribution is -2.55. The summed E-state index contributed by atoms with van der Waals surface area (Å²) in [6.07, 6.45) is 11.6. The fourth-order valence-electron chi connectivity index (χ4n) is 8.40. The molecular weight excluding hydrogens is 368 g/mol. The highest BCUT2D eigenvalue weighted by molar-refractivity contribution is 5.91. The maximum atomic E-state index is 12.1. The predicted molar refractivity (Wildman–Crippen MR) is 124 cm³/mol. The second-order valence-electron chi connectivity index (χ2n) is 12.2. The molecule has 0 unspecified atom stereocenters. The van der Waals surface area contributed by atoms with Gasteiger partial charge in [0.1, 0.15) is 0 Å². The summed E-state index contributed by atoms with van der Waals surface area (Å²) in [5.41, 5.74) is 3.15. The summed E-state index contributed by atoms with van der Waals surface area (Å²) in [7, 11) is 0. The number of fused-ring (bicyclic) bond motifs is 5. The Morgan fingerprint density at radius 3 is 2.60 bits per heavy atom. The Hall–Kier alpha value is -0.890. The lowest BCUT2D eigenvalue weighted by molar-refractivity contribution is -0.124. The van der Waals surface area contributed by atoms with E-state index in [0.717, 1.165) is 31.1 Å². The van der Waals surface area contributed by atoms with Gasteiger partial charge in [0.15, 0.2) is 5.78 Å². The molecule has 0 heterocycles. The molecule has 0 aliphatic heterocycles. The second kappa shape index (κ2) is 7.91. The van der Waals surface area contributed by atoms with Crippen LogP contribution in [0.25, 0.3) is 0 Å². The molecule has 2 nitrogen and oxygen atoms in total. The zero-order valence-electron chi connectivity index (χ0n) is 20.0. The number of carbonyl (C=O) groups excluding carboxylic acids is 1. The molecule has 4 aliphatic carbocycles. The van der Waals surface area contributed by atoms with Crippen LogP contribution in [0.1, 0.15) is 92.4 Å². The SMILES string of the molecule is C=C(CC[C@@H](C)[C@H]1CC[C@H]2[C@@H]3[C@@H](O)CC4=CC(=O)CC[C@]4(C)[C@H]3CC[C@]12C)C(C)C. The average Bonchev–Trinajstić information content (AvgIpc) is 3.04. The van der Waals surface area contributed by atoms with Gasteiger partial charge in [-0.3, -0.25) is 4.79 Å². The summed E-state index contributed by atoms with van der Waals surface area (Å²) in [5.74, 6) is 3.96. The Bertz CT molecular complexity index is 733. The first-order chi connectivity index (χ1) is 14.1. The van der Waals surface area contributed by atoms with E-state index >= 15 is 0 Å². The van der Waals surface area contributed by atoms with Gasteiger partial charge in [0.2, 0.25) is 0 Å². The summed E-state index contributed by atoms with van der Waals surface area (Å²) in [6.45, 7) is 16.3. The lowest BCUT2D eigenvalue weighted by atomic mass is 9.45. The molecule has 168 valence electrons. The Morgan fingerprint density at radius 2 is 1.90 bits per heavy atom. The van der Waals surface area contributed by atoms with Crippen molar-refractivity contribution in [1.29, 1.82) is 0 Å². The van der Waals surface area contributed by atoms with Gasteiger partial charge < -0.3 is 5.11 Å². The summed E-state index contributed by atoms with van der Waals surface area (Å²) in [4.78, 5) is 12.1. The fraction of sp³-hybridized carbons (Fsp3) is 0.821. The highest BCUT2D eigenvalue weighted by atomic mass is 16.3. The number of hydrogen-bond donors (Lipinski definition) is 1. The van der Waals surface area contributed by atoms with Crippen LogP contribution in [0.4, 0.5) is 0 Å². The molecule has 3 fully saturated rings. The van der Waals surface area contributed by atoms with Crippen molar-refractivity contribution in [1.82, 2.24) is 0 Å². The number of ketones is 1. The van der Waals surface area contributed by atoms with E-state index < -0.39 is 0 Å². The molecule has 0 amide bonds. The quantitative estimate of drug-likeness (QED) is 0.508. The molecule has 0 saturated heterocycles. The van der Waals surface area contributed by atoms with Gasteiger partial charge in [-0.15, -0.1) is 0 Å². The van der Waals surface area contributed by atoms with E-state index in [1.54, 1.807) is 0 Å². The molecule has 3 saturated carbocycles. The van der Waals surface area contributed by atoms with Gasteiger partial charge in [-0.2, -0.15) is 0 Å². The third kappa shape index (κ3) is 3.46. The molecule has 0 radical (unpaired) electrons. The van der Waals surface area contributed by atoms with Crippen molar-refractivity contribution < 1.29 is 9.90 Å². The van der Waals surface area contributed by atoms with E-state index in [4.69, 9.17) is 0 Å². The predicted octanol–water partition coefficient (Wildman–Crippen LogP) is 6.73. The van der Waals surface area contributed by atoms with E-state index in [0.29, 0.717) is 35.5 Å². The van der Waals surface area contributed by atoms with E-state index in [-0.39, 0.29) is 17.3 Å². The van der Waals surface area contributed by atoms with Crippen molar-refractivity contribution in [3.05, 3.63) is 23.8 Å². The number of aliphatic hydroxyl groups excluding tert-OH is 1. The van der Waals surface area contributed by atoms with E-state index in [2.05, 4.69) is 41.2 Å². The average molecular weight is 413 g/mol. The number of rotatable bonds is 5. The molecule has 8 atom stereocenters. The number of carbonyl (C=O) groups is 1. The molecule has 0 aromatic heterocycles. The number of aliphatic hydroxyl groups is 1. The smallest absolute Gasteiger partial charge is 0.155 e. The lowest BCUT2D eigenvalue weighted by Gasteiger charge is -2.60. The normalized spacial score (nSPS) is 44.2. The molecule has 0 aromatic rings. The van der Waals surface area contributed by atoms with E-state index in [1.165, 1.54) is 43.3 Å². The molecule has 4 aliphatic rings. The van der Waals surface area contributed by atoms with Gasteiger partial charge >= 0.3 is 0 Å². The zero-order valence-corrected chi connectivity index (χ0v) is 20.0. The standard InChI is InChI=1S/C28H44O2/c1-17(2)18(3)7-8-19(4)22-9-10-23-26-24(12-14-28(22,23)6)27(5)13-11-21(29)15-20(27)16-25(26)30/h15,17,19,22-26,30H,3,7-14,16H2,1-2,4-6H3/t19-,22-,23+,24+,25+,26+,27+,28-/m1/s1. The van der Waals surface area contributed by atoms with Crippen LogP contribution in [0.5, 0.6) is 0 Å². The Labute approximate surface area is 184 Å². The molecular formula is C28H44O2. The Morgan fingerprint density at radius 1 is 1.17 bits per heavy atom. The van der Waals surface area contributed by atoms with E-state index in [1.807, 2.05) is 6.08 Å². The summed E-state index contributed by atoms with van der Waals surface area (Å²) in [5, 5.41) is 11.3. The van der Waals surface area contributed by atoms with Crippen LogP contribution < -0.4 is 0 Å². The Kier molecular flexibility index (Phi) is 5.88. The molecule has 0 spiro atoms. The second-order valence-corrected chi connectivity index (χ2v) is 12.2. The Balaban J connectivity index is 1.54. The molecule has 30 heavy (non-hydrogen) atoms. The highest BCUT2D eigenvalue weighted by Crippen LogP contribution is 2.67. The number of allylic oxidation sites excluding steroid dienone is 1. The van der Waals surface area contributed by atoms with Gasteiger partial charge in [-0.25, -0.2) is 0 Å². The van der Waals surface area contributed by atoms with Crippen LogP contribution in [-0.4, -0.2) is 17.0 Å². The minimum Gasteiger partial charge on any atom is -0.392 e. The third-order valence-corrected chi connectivity index (χ3v) is 10.5. The van der Waals surface area contributed by atoms with Gasteiger partial charge in [-0.1, -0.05) is 52.3 Å². The van der Waals surface area contributed by atoms with Crippen molar-refractivity contribution in [2.45, 2.75) is 98.5 Å². The van der Waals surface area contributed by atoms with Crippen LogP contribution in [0.2, 0.25) is 0 Å². The van der Waals surface area contributed by atoms with Gasteiger partial charge in [0.05, 0.1) is 6.10 Å². The third-order valence-electron chi connectivity index (χ3n) is 10.5. The van der Waals surface area contributed by atoms with Crippen LogP contribution >= 0.6 is 0 Å². The molecule has 4 rings (SSSR count). The van der Waals surface area contributed by atoms with Crippen LogP contribution in [0.3, 0.4) is 0 Å². The minimum atomic E-state index is -0.264. The van der Waals surface area contributed by atoms with Crippen molar-refractivity contribution in [2.75, 3.05) is 0 Å². The molecule has 0 bridgehead atoms. The van der Waals surface area contributed by atoms with Crippen molar-refractivity contribution in [3.63, 3.8) is 0 Å². The van der Waals surface area contributed by atoms with Crippen molar-refractivity contribution >= 4 is 5.78 Å². The molecule has 1 N–H and O–H groups in total. The zero-order chi connectivity index (χ0) is 21.8. The highest BCUT2D eigenvalue weighted by Gasteiger charge is 2.61. The maximum absolute atomic E-state index is 12.1. The summed E-state index contributed by atoms with van der Waals surface area (Å²) < 4.78 is 0. The summed E-state index contributed by atoms with van der Waals surface area (Å²) in [6, 6.07) is 0. The van der Waals surface area contributed by atoms with Crippen LogP contribution in [-0.2, 0) is 4.79 Å². The van der Waals surface area contributed by atoms with Crippen molar-refractivity contribution in [3.8, 4) is 0 Å². The first kappa shape index (κ1) is 22.3. The van der Waals surface area contributed by atoms with Gasteiger partial charge in [0.25, 0.3) is 0 Å². The van der Waals surface area contributed by atoms with E-state index in [9.17, 15) is 9.90 Å². The van der Waals surface area contributed by atoms with Crippen molar-refractivity contribution in [2.24, 2.45) is 46.3 Å². The van der Waals surface area contributed by atoms with Gasteiger partial charge in [-0.05, 0) is 104 Å². The van der Waals surface area contributed by atoms with Crippen LogP contribution in [0.15, 0.2) is 23.8 Å². The molecule has 0 aromatic carbocycles. The first-order valence-electron chi connectivity index (χ1n) is 12.7. The summed E-state index contributed by atoms with van der Waals surface area (Å²) >= 11 is 0. The fourth-order valence-corrected chi connectivity index (χ4v) is 8.40. The minimum absolute atomic E-state index is 0.137. The molecule has 2 heteroatoms. The number of hydrogen-bond acceptors (Lipinski definition) is 2.